The van der Waals surface area contributed by atoms with Crippen molar-refractivity contribution < 1.29 is 53.3 Å². The van der Waals surface area contributed by atoms with Crippen molar-refractivity contribution >= 4 is 10.0 Å². The van der Waals surface area contributed by atoms with Crippen LogP contribution in [0.1, 0.15) is 90.4 Å². The normalized spacial score (nSPS) is 24.6. The van der Waals surface area contributed by atoms with Gasteiger partial charge in [0.2, 0.25) is 10.0 Å². The van der Waals surface area contributed by atoms with Gasteiger partial charge in [-0.2, -0.15) is 0 Å². The summed E-state index contributed by atoms with van der Waals surface area (Å²) in [6.07, 6.45) is 3.33. The molecule has 8 atom stereocenters. The third-order valence-corrected chi connectivity index (χ3v) is 9.63. The lowest BCUT2D eigenvalue weighted by atomic mass is 9.99. The monoisotopic (exact) mass is 649 g/mol. The SMILES string of the molecule is CCCCCCCCCCCCCC[C@@H](O)[C@@H](O)[C@H](CO[C@H]1O[C@H](CO)[C@H](O)[C@H](O)[C@H]1O)NS(=O)(=O)c1ccc(OC)cc1. The maximum absolute atomic E-state index is 13.2. The summed E-state index contributed by atoms with van der Waals surface area (Å²) in [6, 6.07) is 4.21. The largest absolute Gasteiger partial charge is 0.497 e. The van der Waals surface area contributed by atoms with Crippen LogP contribution in [0.25, 0.3) is 0 Å². The first-order chi connectivity index (χ1) is 21.0. The summed E-state index contributed by atoms with van der Waals surface area (Å²) in [6.45, 7) is 0.985. The molecule has 1 aliphatic heterocycles. The van der Waals surface area contributed by atoms with Gasteiger partial charge in [-0.3, -0.25) is 0 Å². The van der Waals surface area contributed by atoms with Gasteiger partial charge in [-0.1, -0.05) is 84.0 Å². The molecule has 0 amide bonds. The summed E-state index contributed by atoms with van der Waals surface area (Å²) in [5.74, 6) is 0.448. The molecule has 7 N–H and O–H groups in total. The highest BCUT2D eigenvalue weighted by Gasteiger charge is 2.44. The highest BCUT2D eigenvalue weighted by molar-refractivity contribution is 7.89. The van der Waals surface area contributed by atoms with Crippen LogP contribution in [0.5, 0.6) is 5.75 Å². The predicted molar refractivity (Wildman–Crippen MR) is 165 cm³/mol. The van der Waals surface area contributed by atoms with E-state index in [4.69, 9.17) is 14.2 Å². The van der Waals surface area contributed by atoms with E-state index in [1.807, 2.05) is 0 Å². The van der Waals surface area contributed by atoms with Crippen LogP contribution in [0.3, 0.4) is 0 Å². The number of ether oxygens (including phenoxy) is 3. The van der Waals surface area contributed by atoms with E-state index >= 15 is 0 Å². The molecule has 0 aromatic heterocycles. The Morgan fingerprint density at radius 3 is 1.91 bits per heavy atom. The molecule has 1 aromatic rings. The minimum absolute atomic E-state index is 0.112. The van der Waals surface area contributed by atoms with Gasteiger partial charge in [0.25, 0.3) is 0 Å². The van der Waals surface area contributed by atoms with Crippen molar-refractivity contribution in [3.8, 4) is 5.75 Å². The number of methoxy groups -OCH3 is 1. The Morgan fingerprint density at radius 2 is 1.39 bits per heavy atom. The van der Waals surface area contributed by atoms with Crippen molar-refractivity contribution in [1.29, 1.82) is 0 Å². The van der Waals surface area contributed by atoms with E-state index in [2.05, 4.69) is 11.6 Å². The molecule has 0 unspecified atom stereocenters. The standard InChI is InChI=1S/C31H55NO11S/c1-3-4-5-6-7-8-9-10-11-12-13-14-15-25(34)27(35)24(32-44(39,40)23-18-16-22(41-2)17-19-23)21-42-31-30(38)29(37)28(36)26(20-33)43-31/h16-19,24-38H,3-15,20-21H2,1-2H3/t24-,25+,26+,27-,28-,29-,30+,31-/m0/s1. The fourth-order valence-corrected chi connectivity index (χ4v) is 6.50. The molecule has 1 aromatic carbocycles. The molecule has 256 valence electrons. The number of hydrogen-bond acceptors (Lipinski definition) is 11. The smallest absolute Gasteiger partial charge is 0.240 e. The molecule has 12 nitrogen and oxygen atoms in total. The molecular formula is C31H55NO11S. The van der Waals surface area contributed by atoms with Crippen LogP contribution in [-0.4, -0.2) is 108 Å². The van der Waals surface area contributed by atoms with E-state index in [1.54, 1.807) is 0 Å². The Labute approximate surface area is 262 Å². The second-order valence-corrected chi connectivity index (χ2v) is 13.4. The molecule has 13 heteroatoms. The van der Waals surface area contributed by atoms with Crippen LogP contribution in [-0.2, 0) is 19.5 Å². The van der Waals surface area contributed by atoms with Crippen LogP contribution in [0.2, 0.25) is 0 Å². The third-order valence-electron chi connectivity index (χ3n) is 8.12. The zero-order valence-electron chi connectivity index (χ0n) is 26.2. The Bertz CT molecular complexity index is 995. The first-order valence-corrected chi connectivity index (χ1v) is 17.5. The van der Waals surface area contributed by atoms with Crippen molar-refractivity contribution in [1.82, 2.24) is 4.72 Å². The molecule has 2 rings (SSSR count). The first-order valence-electron chi connectivity index (χ1n) is 16.0. The van der Waals surface area contributed by atoms with Crippen LogP contribution in [0.4, 0.5) is 0 Å². The van der Waals surface area contributed by atoms with Gasteiger partial charge < -0.3 is 44.8 Å². The van der Waals surface area contributed by atoms with Gasteiger partial charge in [-0.15, -0.1) is 0 Å². The summed E-state index contributed by atoms with van der Waals surface area (Å²) in [7, 11) is -2.75. The molecule has 1 aliphatic rings. The quantitative estimate of drug-likeness (QED) is 0.0857. The van der Waals surface area contributed by atoms with Crippen LogP contribution >= 0.6 is 0 Å². The van der Waals surface area contributed by atoms with Crippen molar-refractivity contribution in [2.75, 3.05) is 20.3 Å². The van der Waals surface area contributed by atoms with Crippen LogP contribution in [0, 0.1) is 0 Å². The number of sulfonamides is 1. The van der Waals surface area contributed by atoms with E-state index in [9.17, 15) is 39.1 Å². The van der Waals surface area contributed by atoms with Crippen molar-refractivity contribution in [3.05, 3.63) is 24.3 Å². The third kappa shape index (κ3) is 12.8. The second-order valence-electron chi connectivity index (χ2n) is 11.7. The summed E-state index contributed by atoms with van der Waals surface area (Å²) < 4.78 is 44.7. The number of aliphatic hydroxyl groups is 6. The minimum Gasteiger partial charge on any atom is -0.497 e. The Morgan fingerprint density at radius 1 is 0.841 bits per heavy atom. The number of nitrogens with one attached hydrogen (secondary N) is 1. The lowest BCUT2D eigenvalue weighted by Crippen LogP contribution is -2.60. The highest BCUT2D eigenvalue weighted by atomic mass is 32.2. The lowest BCUT2D eigenvalue weighted by molar-refractivity contribution is -0.303. The molecule has 1 saturated heterocycles. The molecule has 0 saturated carbocycles. The zero-order chi connectivity index (χ0) is 32.5. The lowest BCUT2D eigenvalue weighted by Gasteiger charge is -2.40. The fraction of sp³-hybridized carbons (Fsp3) is 0.806. The molecule has 0 aliphatic carbocycles. The van der Waals surface area contributed by atoms with Crippen molar-refractivity contribution in [3.63, 3.8) is 0 Å². The maximum Gasteiger partial charge on any atom is 0.240 e. The van der Waals surface area contributed by atoms with E-state index in [-0.39, 0.29) is 11.3 Å². The maximum atomic E-state index is 13.2. The molecule has 0 radical (unpaired) electrons. The van der Waals surface area contributed by atoms with E-state index in [0.29, 0.717) is 12.2 Å². The highest BCUT2D eigenvalue weighted by Crippen LogP contribution is 2.23. The van der Waals surface area contributed by atoms with Crippen LogP contribution < -0.4 is 9.46 Å². The fourth-order valence-electron chi connectivity index (χ4n) is 5.26. The first kappa shape index (κ1) is 38.8. The molecule has 0 spiro atoms. The molecule has 0 bridgehead atoms. The summed E-state index contributed by atoms with van der Waals surface area (Å²) >= 11 is 0. The van der Waals surface area contributed by atoms with E-state index < -0.39 is 72.2 Å². The van der Waals surface area contributed by atoms with Gasteiger partial charge in [0.15, 0.2) is 6.29 Å². The summed E-state index contributed by atoms with van der Waals surface area (Å²) in [5.41, 5.74) is 0. The van der Waals surface area contributed by atoms with Gasteiger partial charge in [0.05, 0.1) is 43.5 Å². The van der Waals surface area contributed by atoms with Gasteiger partial charge in [-0.25, -0.2) is 13.1 Å². The van der Waals surface area contributed by atoms with Crippen LogP contribution in [0.15, 0.2) is 29.2 Å². The topological polar surface area (TPSA) is 195 Å². The minimum atomic E-state index is -4.20. The van der Waals surface area contributed by atoms with Gasteiger partial charge in [0.1, 0.15) is 30.2 Å². The number of unbranched alkanes of at least 4 members (excludes halogenated alkanes) is 11. The average molecular weight is 650 g/mol. The van der Waals surface area contributed by atoms with E-state index in [0.717, 1.165) is 19.3 Å². The summed E-state index contributed by atoms with van der Waals surface area (Å²) in [5, 5.41) is 61.7. The number of rotatable bonds is 23. The number of hydrogen-bond donors (Lipinski definition) is 7. The Balaban J connectivity index is 1.94. The number of aliphatic hydroxyl groups excluding tert-OH is 6. The van der Waals surface area contributed by atoms with Gasteiger partial charge in [-0.05, 0) is 30.7 Å². The summed E-state index contributed by atoms with van der Waals surface area (Å²) in [4.78, 5) is -0.112. The molecular weight excluding hydrogens is 594 g/mol. The molecule has 1 heterocycles. The molecule has 44 heavy (non-hydrogen) atoms. The van der Waals surface area contributed by atoms with Crippen molar-refractivity contribution in [2.45, 2.75) is 144 Å². The number of benzene rings is 1. The van der Waals surface area contributed by atoms with E-state index in [1.165, 1.54) is 82.7 Å². The Kier molecular flexibility index (Phi) is 18.2. The Hall–Kier alpha value is -1.39. The van der Waals surface area contributed by atoms with Gasteiger partial charge in [0, 0.05) is 0 Å². The predicted octanol–water partition coefficient (Wildman–Crippen LogP) is 1.97. The average Bonchev–Trinajstić information content (AvgIpc) is 3.02. The second kappa shape index (κ2) is 20.7. The molecule has 1 fully saturated rings. The van der Waals surface area contributed by atoms with Gasteiger partial charge >= 0.3 is 0 Å². The van der Waals surface area contributed by atoms with Crippen molar-refractivity contribution in [2.24, 2.45) is 0 Å². The zero-order valence-corrected chi connectivity index (χ0v) is 27.0.